The summed E-state index contributed by atoms with van der Waals surface area (Å²) in [6.07, 6.45) is 1.65. The number of fused-ring (bicyclic) bond motifs is 1. The molecule has 136 valence electrons. The fourth-order valence-corrected chi connectivity index (χ4v) is 3.33. The largest absolute Gasteiger partial charge is 0.351 e. The minimum Gasteiger partial charge on any atom is -0.351 e. The normalized spacial score (nSPS) is 11.7. The summed E-state index contributed by atoms with van der Waals surface area (Å²) in [4.78, 5) is 29.5. The van der Waals surface area contributed by atoms with Gasteiger partial charge in [0.05, 0.1) is 16.7 Å². The third kappa shape index (κ3) is 4.98. The monoisotopic (exact) mass is 381 g/mol. The van der Waals surface area contributed by atoms with Crippen LogP contribution in [0.3, 0.4) is 0 Å². The van der Waals surface area contributed by atoms with Gasteiger partial charge in [-0.3, -0.25) is 14.2 Å². The lowest BCUT2D eigenvalue weighted by Crippen LogP contribution is -2.43. The molecule has 25 heavy (non-hydrogen) atoms. The minimum atomic E-state index is -0.245. The number of carbonyl (C=O) groups is 1. The first kappa shape index (κ1) is 19.8. The Bertz CT molecular complexity index is 833. The van der Waals surface area contributed by atoms with Gasteiger partial charge in [-0.05, 0) is 44.9 Å². The number of benzene rings is 1. The van der Waals surface area contributed by atoms with E-state index in [-0.39, 0.29) is 22.8 Å². The van der Waals surface area contributed by atoms with Gasteiger partial charge in [-0.1, -0.05) is 37.2 Å². The Kier molecular flexibility index (Phi) is 6.52. The van der Waals surface area contributed by atoms with Crippen LogP contribution in [0.4, 0.5) is 0 Å². The van der Waals surface area contributed by atoms with Crippen LogP contribution in [0.15, 0.2) is 28.2 Å². The minimum absolute atomic E-state index is 0.0691. The highest BCUT2D eigenvalue weighted by molar-refractivity contribution is 7.99. The Labute approximate surface area is 157 Å². The van der Waals surface area contributed by atoms with Crippen molar-refractivity contribution < 1.29 is 4.79 Å². The van der Waals surface area contributed by atoms with Crippen LogP contribution in [0.2, 0.25) is 5.02 Å². The van der Waals surface area contributed by atoms with Crippen LogP contribution < -0.4 is 10.9 Å². The van der Waals surface area contributed by atoms with Gasteiger partial charge in [-0.15, -0.1) is 0 Å². The van der Waals surface area contributed by atoms with Crippen molar-refractivity contribution in [3.05, 3.63) is 33.6 Å². The maximum absolute atomic E-state index is 12.7. The van der Waals surface area contributed by atoms with Crippen LogP contribution in [-0.4, -0.2) is 26.8 Å². The summed E-state index contributed by atoms with van der Waals surface area (Å²) in [6.45, 7) is 8.57. The summed E-state index contributed by atoms with van der Waals surface area (Å²) in [5.74, 6) is 0.145. The van der Waals surface area contributed by atoms with Gasteiger partial charge in [0, 0.05) is 17.1 Å². The molecular weight excluding hydrogens is 358 g/mol. The number of nitrogens with one attached hydrogen (secondary N) is 1. The van der Waals surface area contributed by atoms with Crippen molar-refractivity contribution >= 4 is 40.2 Å². The number of halogens is 1. The standard InChI is InChI=1S/C18H24ClN3O2S/c1-5-9-22-16(24)13-8-7-12(19)10-14(13)20-17(22)25-11-15(23)21-18(3,4)6-2/h7-8,10H,5-6,9,11H2,1-4H3,(H,21,23). The van der Waals surface area contributed by atoms with Crippen molar-refractivity contribution in [3.8, 4) is 0 Å². The fraction of sp³-hybridized carbons (Fsp3) is 0.500. The number of hydrogen-bond acceptors (Lipinski definition) is 4. The molecule has 0 radical (unpaired) electrons. The predicted molar refractivity (Wildman–Crippen MR) is 105 cm³/mol. The average molecular weight is 382 g/mol. The number of rotatable bonds is 7. The van der Waals surface area contributed by atoms with Gasteiger partial charge in [0.2, 0.25) is 5.91 Å². The van der Waals surface area contributed by atoms with Gasteiger partial charge in [-0.25, -0.2) is 4.98 Å². The maximum atomic E-state index is 12.7. The molecule has 0 aliphatic heterocycles. The zero-order chi connectivity index (χ0) is 18.6. The molecule has 2 rings (SSSR count). The predicted octanol–water partition coefficient (Wildman–Crippen LogP) is 3.86. The van der Waals surface area contributed by atoms with Crippen molar-refractivity contribution in [1.82, 2.24) is 14.9 Å². The second-order valence-corrected chi connectivity index (χ2v) is 7.97. The lowest BCUT2D eigenvalue weighted by molar-refractivity contribution is -0.120. The first-order valence-corrected chi connectivity index (χ1v) is 9.77. The van der Waals surface area contributed by atoms with Crippen molar-refractivity contribution in [1.29, 1.82) is 0 Å². The Balaban J connectivity index is 2.31. The summed E-state index contributed by atoms with van der Waals surface area (Å²) in [7, 11) is 0. The molecule has 0 aliphatic rings. The lowest BCUT2D eigenvalue weighted by atomic mass is 10.0. The summed E-state index contributed by atoms with van der Waals surface area (Å²) < 4.78 is 1.64. The molecule has 2 aromatic rings. The zero-order valence-corrected chi connectivity index (χ0v) is 16.6. The molecule has 0 spiro atoms. The van der Waals surface area contributed by atoms with Crippen molar-refractivity contribution in [3.63, 3.8) is 0 Å². The first-order chi connectivity index (χ1) is 11.8. The Hall–Kier alpha value is -1.53. The van der Waals surface area contributed by atoms with Crippen LogP contribution in [-0.2, 0) is 11.3 Å². The molecule has 1 amide bonds. The first-order valence-electron chi connectivity index (χ1n) is 8.41. The van der Waals surface area contributed by atoms with E-state index in [1.807, 2.05) is 27.7 Å². The summed E-state index contributed by atoms with van der Waals surface area (Å²) >= 11 is 7.30. The number of carbonyl (C=O) groups excluding carboxylic acids is 1. The number of thioether (sulfide) groups is 1. The van der Waals surface area contributed by atoms with Crippen LogP contribution in [0.25, 0.3) is 10.9 Å². The zero-order valence-electron chi connectivity index (χ0n) is 15.1. The summed E-state index contributed by atoms with van der Waals surface area (Å²) in [6, 6.07) is 5.07. The quantitative estimate of drug-likeness (QED) is 0.584. The molecule has 7 heteroatoms. The molecule has 0 saturated heterocycles. The van der Waals surface area contributed by atoms with E-state index in [1.165, 1.54) is 11.8 Å². The van der Waals surface area contributed by atoms with Gasteiger partial charge in [0.15, 0.2) is 5.16 Å². The molecule has 0 unspecified atom stereocenters. The van der Waals surface area contributed by atoms with Gasteiger partial charge in [0.1, 0.15) is 0 Å². The number of nitrogens with zero attached hydrogens (tertiary/aromatic N) is 2. The molecule has 0 aliphatic carbocycles. The van der Waals surface area contributed by atoms with Crippen molar-refractivity contribution in [2.45, 2.75) is 57.8 Å². The fourth-order valence-electron chi connectivity index (χ4n) is 2.34. The van der Waals surface area contributed by atoms with E-state index in [1.54, 1.807) is 22.8 Å². The molecule has 1 heterocycles. The van der Waals surface area contributed by atoms with Gasteiger partial charge in [-0.2, -0.15) is 0 Å². The SMILES string of the molecule is CCCn1c(SCC(=O)NC(C)(C)CC)nc2cc(Cl)ccc2c1=O. The van der Waals surface area contributed by atoms with Gasteiger partial charge >= 0.3 is 0 Å². The van der Waals surface area contributed by atoms with Crippen molar-refractivity contribution in [2.75, 3.05) is 5.75 Å². The molecule has 1 N–H and O–H groups in total. The molecule has 0 fully saturated rings. The van der Waals surface area contributed by atoms with E-state index >= 15 is 0 Å². The molecule has 1 aromatic heterocycles. The van der Waals surface area contributed by atoms with E-state index in [2.05, 4.69) is 10.3 Å². The summed E-state index contributed by atoms with van der Waals surface area (Å²) in [5, 5.41) is 4.61. The van der Waals surface area contributed by atoms with Gasteiger partial charge in [0.25, 0.3) is 5.56 Å². The van der Waals surface area contributed by atoms with Crippen LogP contribution in [0, 0.1) is 0 Å². The van der Waals surface area contributed by atoms with E-state index in [9.17, 15) is 9.59 Å². The third-order valence-corrected chi connectivity index (χ3v) is 5.24. The Morgan fingerprint density at radius 2 is 2.08 bits per heavy atom. The third-order valence-electron chi connectivity index (χ3n) is 4.02. The van der Waals surface area contributed by atoms with Crippen LogP contribution in [0.1, 0.15) is 40.5 Å². The Morgan fingerprint density at radius 3 is 2.72 bits per heavy atom. The second-order valence-electron chi connectivity index (χ2n) is 6.59. The second kappa shape index (κ2) is 8.23. The van der Waals surface area contributed by atoms with Gasteiger partial charge < -0.3 is 5.32 Å². The van der Waals surface area contributed by atoms with Crippen LogP contribution in [0.5, 0.6) is 0 Å². The molecule has 0 bridgehead atoms. The lowest BCUT2D eigenvalue weighted by Gasteiger charge is -2.24. The van der Waals surface area contributed by atoms with E-state index in [0.717, 1.165) is 12.8 Å². The highest BCUT2D eigenvalue weighted by Crippen LogP contribution is 2.21. The van der Waals surface area contributed by atoms with E-state index in [4.69, 9.17) is 11.6 Å². The number of aromatic nitrogens is 2. The highest BCUT2D eigenvalue weighted by Gasteiger charge is 2.19. The maximum Gasteiger partial charge on any atom is 0.262 e. The average Bonchev–Trinajstić information content (AvgIpc) is 2.55. The Morgan fingerprint density at radius 1 is 1.36 bits per heavy atom. The summed E-state index contributed by atoms with van der Waals surface area (Å²) in [5.41, 5.74) is 0.215. The van der Waals surface area contributed by atoms with E-state index < -0.39 is 0 Å². The topological polar surface area (TPSA) is 64.0 Å². The number of hydrogen-bond donors (Lipinski definition) is 1. The number of amides is 1. The van der Waals surface area contributed by atoms with E-state index in [0.29, 0.717) is 27.6 Å². The molecule has 5 nitrogen and oxygen atoms in total. The smallest absolute Gasteiger partial charge is 0.262 e. The highest BCUT2D eigenvalue weighted by atomic mass is 35.5. The molecule has 0 atom stereocenters. The molecule has 0 saturated carbocycles. The molecular formula is C18H24ClN3O2S. The van der Waals surface area contributed by atoms with Crippen molar-refractivity contribution in [2.24, 2.45) is 0 Å². The van der Waals surface area contributed by atoms with Crippen LogP contribution >= 0.6 is 23.4 Å². The molecule has 1 aromatic carbocycles.